The van der Waals surface area contributed by atoms with Gasteiger partial charge in [0.2, 0.25) is 5.91 Å². The molecule has 1 saturated carbocycles. The summed E-state index contributed by atoms with van der Waals surface area (Å²) in [4.78, 5) is 12.8. The highest BCUT2D eigenvalue weighted by molar-refractivity contribution is 8.00. The number of hydrogen-bond donors (Lipinski definition) is 2. The van der Waals surface area contributed by atoms with Gasteiger partial charge in [-0.15, -0.1) is 11.3 Å². The number of nitrogens with one attached hydrogen (secondary N) is 1. The first kappa shape index (κ1) is 12.9. The van der Waals surface area contributed by atoms with Crippen molar-refractivity contribution in [1.82, 2.24) is 5.32 Å². The molecule has 0 saturated heterocycles. The first-order chi connectivity index (χ1) is 8.17. The molecule has 0 radical (unpaired) electrons. The van der Waals surface area contributed by atoms with Gasteiger partial charge in [0.25, 0.3) is 0 Å². The number of carbonyl (C=O) groups excluding carboxylic acids is 1. The minimum atomic E-state index is -0.519. The summed E-state index contributed by atoms with van der Waals surface area (Å²) < 4.78 is 0.269. The number of amides is 1. The maximum Gasteiger partial charge on any atom is 0.242 e. The van der Waals surface area contributed by atoms with E-state index in [1.54, 1.807) is 0 Å². The van der Waals surface area contributed by atoms with E-state index in [0.717, 1.165) is 11.4 Å². The zero-order valence-corrected chi connectivity index (χ0v) is 11.6. The van der Waals surface area contributed by atoms with Crippen molar-refractivity contribution in [2.24, 2.45) is 5.73 Å². The normalized spacial score (nSPS) is 19.4. The Labute approximate surface area is 110 Å². The standard InChI is InChI=1S/C12H18N2OS2/c1-16-12(5-3-6-12)8-14-11(15)10(13)9-4-2-7-17-9/h2,4,7,10H,3,5-6,8,13H2,1H3,(H,14,15). The highest BCUT2D eigenvalue weighted by Crippen LogP contribution is 2.42. The van der Waals surface area contributed by atoms with Crippen LogP contribution in [0, 0.1) is 0 Å². The van der Waals surface area contributed by atoms with Crippen molar-refractivity contribution < 1.29 is 4.79 Å². The van der Waals surface area contributed by atoms with Crippen molar-refractivity contribution >= 4 is 29.0 Å². The van der Waals surface area contributed by atoms with Gasteiger partial charge in [0.1, 0.15) is 6.04 Å². The Morgan fingerprint density at radius 2 is 2.47 bits per heavy atom. The Balaban J connectivity index is 1.85. The Morgan fingerprint density at radius 3 is 2.94 bits per heavy atom. The van der Waals surface area contributed by atoms with Crippen molar-refractivity contribution in [3.8, 4) is 0 Å². The Kier molecular flexibility index (Phi) is 4.12. The summed E-state index contributed by atoms with van der Waals surface area (Å²) in [5, 5.41) is 4.93. The van der Waals surface area contributed by atoms with E-state index in [1.165, 1.54) is 30.6 Å². The van der Waals surface area contributed by atoms with Crippen molar-refractivity contribution in [2.75, 3.05) is 12.8 Å². The minimum Gasteiger partial charge on any atom is -0.353 e. The summed E-state index contributed by atoms with van der Waals surface area (Å²) in [6.07, 6.45) is 5.78. The monoisotopic (exact) mass is 270 g/mol. The first-order valence-corrected chi connectivity index (χ1v) is 7.89. The lowest BCUT2D eigenvalue weighted by Crippen LogP contribution is -2.47. The third-order valence-electron chi connectivity index (χ3n) is 3.41. The van der Waals surface area contributed by atoms with Gasteiger partial charge in [0, 0.05) is 16.2 Å². The average Bonchev–Trinajstić information content (AvgIpc) is 2.80. The van der Waals surface area contributed by atoms with Crippen LogP contribution in [0.15, 0.2) is 17.5 Å². The molecule has 0 aromatic carbocycles. The number of nitrogens with two attached hydrogens (primary N) is 1. The van der Waals surface area contributed by atoms with Crippen molar-refractivity contribution in [3.63, 3.8) is 0 Å². The molecule has 2 rings (SSSR count). The van der Waals surface area contributed by atoms with Gasteiger partial charge < -0.3 is 11.1 Å². The summed E-state index contributed by atoms with van der Waals surface area (Å²) in [5.41, 5.74) is 5.90. The smallest absolute Gasteiger partial charge is 0.242 e. The van der Waals surface area contributed by atoms with Crippen LogP contribution in [-0.4, -0.2) is 23.5 Å². The van der Waals surface area contributed by atoms with Gasteiger partial charge in [0.05, 0.1) is 0 Å². The number of carbonyl (C=O) groups is 1. The van der Waals surface area contributed by atoms with Gasteiger partial charge in [-0.1, -0.05) is 12.5 Å². The zero-order valence-electron chi connectivity index (χ0n) is 9.94. The molecular weight excluding hydrogens is 252 g/mol. The van der Waals surface area contributed by atoms with Gasteiger partial charge >= 0.3 is 0 Å². The van der Waals surface area contributed by atoms with E-state index in [1.807, 2.05) is 29.3 Å². The van der Waals surface area contributed by atoms with Crippen LogP contribution in [-0.2, 0) is 4.79 Å². The van der Waals surface area contributed by atoms with Crippen LogP contribution in [0.25, 0.3) is 0 Å². The molecule has 1 aliphatic rings. The van der Waals surface area contributed by atoms with Gasteiger partial charge in [-0.3, -0.25) is 4.79 Å². The average molecular weight is 270 g/mol. The van der Waals surface area contributed by atoms with E-state index in [0.29, 0.717) is 0 Å². The lowest BCUT2D eigenvalue weighted by Gasteiger charge is -2.40. The van der Waals surface area contributed by atoms with Crippen molar-refractivity contribution in [1.29, 1.82) is 0 Å². The van der Waals surface area contributed by atoms with Crippen LogP contribution in [0.5, 0.6) is 0 Å². The third kappa shape index (κ3) is 2.84. The lowest BCUT2D eigenvalue weighted by atomic mass is 9.84. The lowest BCUT2D eigenvalue weighted by molar-refractivity contribution is -0.122. The molecule has 1 fully saturated rings. The maximum atomic E-state index is 11.9. The molecule has 17 heavy (non-hydrogen) atoms. The second kappa shape index (κ2) is 5.42. The van der Waals surface area contributed by atoms with E-state index in [9.17, 15) is 4.79 Å². The van der Waals surface area contributed by atoms with Crippen LogP contribution in [0.4, 0.5) is 0 Å². The Morgan fingerprint density at radius 1 is 1.71 bits per heavy atom. The van der Waals surface area contributed by atoms with Gasteiger partial charge in [-0.2, -0.15) is 11.8 Å². The largest absolute Gasteiger partial charge is 0.353 e. The predicted molar refractivity (Wildman–Crippen MR) is 74.4 cm³/mol. The Bertz CT molecular complexity index is 368. The van der Waals surface area contributed by atoms with Crippen LogP contribution in [0.2, 0.25) is 0 Å². The second-order valence-electron chi connectivity index (χ2n) is 4.45. The molecule has 0 bridgehead atoms. The highest BCUT2D eigenvalue weighted by Gasteiger charge is 2.36. The molecule has 1 heterocycles. The van der Waals surface area contributed by atoms with Gasteiger partial charge in [0.15, 0.2) is 0 Å². The second-order valence-corrected chi connectivity index (χ2v) is 6.71. The zero-order chi connectivity index (χ0) is 12.3. The fourth-order valence-corrected chi connectivity index (χ4v) is 3.62. The Hall–Kier alpha value is -0.520. The molecule has 1 amide bonds. The molecule has 0 spiro atoms. The van der Waals surface area contributed by atoms with E-state index in [4.69, 9.17) is 5.73 Å². The van der Waals surface area contributed by atoms with E-state index < -0.39 is 6.04 Å². The van der Waals surface area contributed by atoms with E-state index in [2.05, 4.69) is 11.6 Å². The maximum absolute atomic E-state index is 11.9. The van der Waals surface area contributed by atoms with Crippen molar-refractivity contribution in [3.05, 3.63) is 22.4 Å². The predicted octanol–water partition coefficient (Wildman–Crippen LogP) is 2.15. The summed E-state index contributed by atoms with van der Waals surface area (Å²) in [5.74, 6) is -0.0622. The molecule has 1 aromatic rings. The SMILES string of the molecule is CSC1(CNC(=O)C(N)c2cccs2)CCC1. The van der Waals surface area contributed by atoms with Gasteiger partial charge in [-0.25, -0.2) is 0 Å². The number of rotatable bonds is 5. The number of thioether (sulfide) groups is 1. The molecular formula is C12H18N2OS2. The molecule has 1 atom stereocenters. The van der Waals surface area contributed by atoms with Crippen LogP contribution >= 0.6 is 23.1 Å². The molecule has 0 aliphatic heterocycles. The van der Waals surface area contributed by atoms with Crippen LogP contribution in [0.1, 0.15) is 30.2 Å². The minimum absolute atomic E-state index is 0.0622. The van der Waals surface area contributed by atoms with E-state index >= 15 is 0 Å². The summed E-state index contributed by atoms with van der Waals surface area (Å²) in [6, 6.07) is 3.30. The number of thiophene rings is 1. The first-order valence-electron chi connectivity index (χ1n) is 5.79. The molecule has 1 unspecified atom stereocenters. The molecule has 3 nitrogen and oxygen atoms in total. The van der Waals surface area contributed by atoms with E-state index in [-0.39, 0.29) is 10.7 Å². The quantitative estimate of drug-likeness (QED) is 0.862. The highest BCUT2D eigenvalue weighted by atomic mass is 32.2. The van der Waals surface area contributed by atoms with Crippen LogP contribution < -0.4 is 11.1 Å². The third-order valence-corrected chi connectivity index (χ3v) is 5.79. The van der Waals surface area contributed by atoms with Crippen LogP contribution in [0.3, 0.4) is 0 Å². The molecule has 94 valence electrons. The molecule has 1 aliphatic carbocycles. The summed E-state index contributed by atoms with van der Waals surface area (Å²) >= 11 is 3.38. The topological polar surface area (TPSA) is 55.1 Å². The number of hydrogen-bond acceptors (Lipinski definition) is 4. The molecule has 3 N–H and O–H groups in total. The fraction of sp³-hybridized carbons (Fsp3) is 0.583. The summed E-state index contributed by atoms with van der Waals surface area (Å²) in [7, 11) is 0. The summed E-state index contributed by atoms with van der Waals surface area (Å²) in [6.45, 7) is 0.742. The van der Waals surface area contributed by atoms with Gasteiger partial charge in [-0.05, 0) is 30.5 Å². The van der Waals surface area contributed by atoms with Crippen molar-refractivity contribution in [2.45, 2.75) is 30.1 Å². The molecule has 5 heteroatoms. The fourth-order valence-electron chi connectivity index (χ4n) is 1.98. The molecule has 1 aromatic heterocycles.